The number of hydrogen-bond acceptors (Lipinski definition) is 3. The van der Waals surface area contributed by atoms with Crippen molar-refractivity contribution < 1.29 is 18.0 Å². The number of anilines is 2. The van der Waals surface area contributed by atoms with Crippen molar-refractivity contribution in [2.24, 2.45) is 7.05 Å². The zero-order valence-corrected chi connectivity index (χ0v) is 15.6. The maximum atomic E-state index is 12.8. The molecular formula is C21H19F3N4O. The average Bonchev–Trinajstić information content (AvgIpc) is 3.39. The number of imidazole rings is 1. The van der Waals surface area contributed by atoms with Gasteiger partial charge in [0.1, 0.15) is 0 Å². The molecule has 0 unspecified atom stereocenters. The molecule has 8 heteroatoms. The van der Waals surface area contributed by atoms with E-state index in [1.165, 1.54) is 12.1 Å². The minimum absolute atomic E-state index is 0.147. The molecule has 2 aromatic carbocycles. The van der Waals surface area contributed by atoms with Crippen molar-refractivity contribution in [3.63, 3.8) is 0 Å². The lowest BCUT2D eigenvalue weighted by Crippen LogP contribution is -2.25. The van der Waals surface area contributed by atoms with Crippen LogP contribution in [0.3, 0.4) is 0 Å². The van der Waals surface area contributed by atoms with Gasteiger partial charge in [-0.1, -0.05) is 0 Å². The van der Waals surface area contributed by atoms with Crippen molar-refractivity contribution in [2.75, 3.05) is 5.32 Å². The first-order valence-corrected chi connectivity index (χ1v) is 9.17. The van der Waals surface area contributed by atoms with E-state index in [4.69, 9.17) is 0 Å². The number of carbonyl (C=O) groups is 1. The van der Waals surface area contributed by atoms with Gasteiger partial charge in [0, 0.05) is 41.8 Å². The number of aromatic nitrogens is 2. The smallest absolute Gasteiger partial charge is 0.355 e. The molecule has 29 heavy (non-hydrogen) atoms. The summed E-state index contributed by atoms with van der Waals surface area (Å²) in [5.41, 5.74) is 2.30. The van der Waals surface area contributed by atoms with Crippen LogP contribution in [0.15, 0.2) is 55.0 Å². The van der Waals surface area contributed by atoms with Gasteiger partial charge in [-0.25, -0.2) is 4.98 Å². The summed E-state index contributed by atoms with van der Waals surface area (Å²) in [6, 6.07) is 10.2. The molecule has 1 fully saturated rings. The van der Waals surface area contributed by atoms with Crippen LogP contribution in [0, 0.1) is 0 Å². The number of nitrogens with zero attached hydrogens (tertiary/aromatic N) is 2. The third-order valence-corrected chi connectivity index (χ3v) is 4.67. The molecule has 0 aliphatic heterocycles. The molecule has 0 spiro atoms. The normalized spacial score (nSPS) is 13.9. The third-order valence-electron chi connectivity index (χ3n) is 4.67. The molecule has 5 nitrogen and oxygen atoms in total. The molecule has 1 aliphatic rings. The summed E-state index contributed by atoms with van der Waals surface area (Å²) in [6.07, 6.45) is 1.07. The zero-order valence-electron chi connectivity index (χ0n) is 15.6. The van der Waals surface area contributed by atoms with Crippen LogP contribution in [0.5, 0.6) is 0 Å². The summed E-state index contributed by atoms with van der Waals surface area (Å²) in [6.45, 7) is 0. The van der Waals surface area contributed by atoms with Gasteiger partial charge < -0.3 is 15.2 Å². The molecule has 4 rings (SSSR count). The van der Waals surface area contributed by atoms with Crippen LogP contribution in [-0.4, -0.2) is 21.5 Å². The summed E-state index contributed by atoms with van der Waals surface area (Å²) in [7, 11) is 1.84. The summed E-state index contributed by atoms with van der Waals surface area (Å²) >= 11 is 0. The fourth-order valence-corrected chi connectivity index (χ4v) is 2.95. The van der Waals surface area contributed by atoms with Gasteiger partial charge in [0.05, 0.1) is 17.6 Å². The van der Waals surface area contributed by atoms with E-state index in [9.17, 15) is 18.0 Å². The monoisotopic (exact) mass is 400 g/mol. The van der Waals surface area contributed by atoms with E-state index in [0.717, 1.165) is 25.0 Å². The van der Waals surface area contributed by atoms with Crippen molar-refractivity contribution in [3.05, 3.63) is 66.1 Å². The zero-order chi connectivity index (χ0) is 20.6. The minimum atomic E-state index is -4.38. The molecule has 150 valence electrons. The highest BCUT2D eigenvalue weighted by molar-refractivity contribution is 5.97. The topological polar surface area (TPSA) is 59.0 Å². The molecule has 0 atom stereocenters. The van der Waals surface area contributed by atoms with Crippen molar-refractivity contribution in [3.8, 4) is 11.3 Å². The number of alkyl halides is 3. The lowest BCUT2D eigenvalue weighted by molar-refractivity contribution is -0.137. The van der Waals surface area contributed by atoms with Crippen molar-refractivity contribution in [1.29, 1.82) is 0 Å². The van der Waals surface area contributed by atoms with Crippen LogP contribution >= 0.6 is 0 Å². The minimum Gasteiger partial charge on any atom is -0.355 e. The SMILES string of the molecule is Cn1cnc(-c2cc(C(=O)NC3CC3)ccc2Nc2ccc(C(F)(F)F)cc2)c1. The van der Waals surface area contributed by atoms with Crippen molar-refractivity contribution >= 4 is 17.3 Å². The van der Waals surface area contributed by atoms with Crippen LogP contribution in [0.1, 0.15) is 28.8 Å². The van der Waals surface area contributed by atoms with Gasteiger partial charge >= 0.3 is 6.18 Å². The molecular weight excluding hydrogens is 381 g/mol. The van der Waals surface area contributed by atoms with Crippen LogP contribution < -0.4 is 10.6 Å². The molecule has 0 saturated heterocycles. The largest absolute Gasteiger partial charge is 0.416 e. The lowest BCUT2D eigenvalue weighted by atomic mass is 10.0. The Morgan fingerprint density at radius 1 is 1.14 bits per heavy atom. The number of aryl methyl sites for hydroxylation is 1. The second-order valence-corrected chi connectivity index (χ2v) is 7.13. The lowest BCUT2D eigenvalue weighted by Gasteiger charge is -2.14. The summed E-state index contributed by atoms with van der Waals surface area (Å²) in [5, 5.41) is 6.08. The van der Waals surface area contributed by atoms with E-state index in [1.54, 1.807) is 29.1 Å². The number of benzene rings is 2. The number of rotatable bonds is 5. The van der Waals surface area contributed by atoms with E-state index in [1.807, 2.05) is 13.2 Å². The Kier molecular flexibility index (Phi) is 4.77. The predicted octanol–water partition coefficient (Wildman–Crippen LogP) is 4.74. The quantitative estimate of drug-likeness (QED) is 0.650. The maximum absolute atomic E-state index is 12.8. The van der Waals surface area contributed by atoms with E-state index in [2.05, 4.69) is 15.6 Å². The van der Waals surface area contributed by atoms with Crippen molar-refractivity contribution in [1.82, 2.24) is 14.9 Å². The second-order valence-electron chi connectivity index (χ2n) is 7.13. The van der Waals surface area contributed by atoms with Gasteiger partial charge in [-0.15, -0.1) is 0 Å². The fraction of sp³-hybridized carbons (Fsp3) is 0.238. The Morgan fingerprint density at radius 3 is 2.45 bits per heavy atom. The molecule has 1 aromatic heterocycles. The first-order valence-electron chi connectivity index (χ1n) is 9.17. The maximum Gasteiger partial charge on any atom is 0.416 e. The van der Waals surface area contributed by atoms with Gasteiger partial charge in [0.25, 0.3) is 5.91 Å². The Bertz CT molecular complexity index is 1040. The average molecular weight is 400 g/mol. The van der Waals surface area contributed by atoms with Gasteiger partial charge in [0.15, 0.2) is 0 Å². The number of nitrogens with one attached hydrogen (secondary N) is 2. The van der Waals surface area contributed by atoms with Crippen LogP contribution in [0.25, 0.3) is 11.3 Å². The Morgan fingerprint density at radius 2 is 1.86 bits per heavy atom. The molecule has 1 amide bonds. The van der Waals surface area contributed by atoms with Crippen LogP contribution in [0.4, 0.5) is 24.5 Å². The number of carbonyl (C=O) groups excluding carboxylic acids is 1. The van der Waals surface area contributed by atoms with Gasteiger partial charge in [-0.05, 0) is 55.3 Å². The molecule has 0 radical (unpaired) electrons. The molecule has 3 aromatic rings. The second kappa shape index (κ2) is 7.27. The molecule has 1 aliphatic carbocycles. The molecule has 0 bridgehead atoms. The van der Waals surface area contributed by atoms with Gasteiger partial charge in [-0.2, -0.15) is 13.2 Å². The fourth-order valence-electron chi connectivity index (χ4n) is 2.95. The number of hydrogen-bond donors (Lipinski definition) is 2. The van der Waals surface area contributed by atoms with E-state index in [0.29, 0.717) is 28.2 Å². The first kappa shape index (κ1) is 19.0. The molecule has 2 N–H and O–H groups in total. The summed E-state index contributed by atoms with van der Waals surface area (Å²) < 4.78 is 40.1. The number of amides is 1. The van der Waals surface area contributed by atoms with E-state index >= 15 is 0 Å². The Hall–Kier alpha value is -3.29. The van der Waals surface area contributed by atoms with E-state index < -0.39 is 11.7 Å². The van der Waals surface area contributed by atoms with Crippen LogP contribution in [0.2, 0.25) is 0 Å². The first-order chi connectivity index (χ1) is 13.8. The Labute approximate surface area is 165 Å². The highest BCUT2D eigenvalue weighted by Crippen LogP contribution is 2.33. The molecule has 1 saturated carbocycles. The number of halogens is 3. The molecule has 1 heterocycles. The summed E-state index contributed by atoms with van der Waals surface area (Å²) in [4.78, 5) is 16.8. The van der Waals surface area contributed by atoms with E-state index in [-0.39, 0.29) is 11.9 Å². The van der Waals surface area contributed by atoms with Gasteiger partial charge in [-0.3, -0.25) is 4.79 Å². The highest BCUT2D eigenvalue weighted by Gasteiger charge is 2.30. The van der Waals surface area contributed by atoms with Crippen LogP contribution in [-0.2, 0) is 13.2 Å². The predicted molar refractivity (Wildman–Crippen MR) is 104 cm³/mol. The van der Waals surface area contributed by atoms with Gasteiger partial charge in [0.2, 0.25) is 0 Å². The Balaban J connectivity index is 1.65. The summed E-state index contributed by atoms with van der Waals surface area (Å²) in [5.74, 6) is -0.147. The highest BCUT2D eigenvalue weighted by atomic mass is 19.4. The third kappa shape index (κ3) is 4.42. The van der Waals surface area contributed by atoms with Crippen molar-refractivity contribution in [2.45, 2.75) is 25.1 Å². The standard InChI is InChI=1S/C21H19F3N4O/c1-28-11-19(25-12-28)17-10-13(20(29)27-16-7-8-16)2-9-18(17)26-15-5-3-14(4-6-15)21(22,23)24/h2-6,9-12,16,26H,7-8H2,1H3,(H,27,29).